The second kappa shape index (κ2) is 6.95. The van der Waals surface area contributed by atoms with Gasteiger partial charge in [-0.1, -0.05) is 0 Å². The molecule has 2 heterocycles. The van der Waals surface area contributed by atoms with Crippen LogP contribution in [0.3, 0.4) is 0 Å². The molecule has 1 N–H and O–H groups in total. The minimum Gasteiger partial charge on any atom is -0.493 e. The Morgan fingerprint density at radius 1 is 0.968 bits per heavy atom. The summed E-state index contributed by atoms with van der Waals surface area (Å²) in [4.78, 5) is 12.9. The molecule has 0 spiro atoms. The summed E-state index contributed by atoms with van der Waals surface area (Å²) in [5.41, 5.74) is 0.988. The molecular weight excluding hydrogens is 404 g/mol. The Morgan fingerprint density at radius 3 is 2.23 bits per heavy atom. The molecule has 8 heteroatoms. The quantitative estimate of drug-likeness (QED) is 0.743. The monoisotopic (exact) mass is 428 g/mol. The van der Waals surface area contributed by atoms with E-state index in [9.17, 15) is 9.90 Å². The summed E-state index contributed by atoms with van der Waals surface area (Å²) in [6.45, 7) is 1.98. The summed E-state index contributed by atoms with van der Waals surface area (Å²) in [7, 11) is 4.63. The van der Waals surface area contributed by atoms with Crippen LogP contribution in [0.4, 0.5) is 0 Å². The molecule has 1 aliphatic carbocycles. The molecule has 0 bridgehead atoms. The highest BCUT2D eigenvalue weighted by atomic mass is 16.7. The van der Waals surface area contributed by atoms with Crippen LogP contribution in [-0.2, 0) is 15.1 Å². The van der Waals surface area contributed by atoms with Crippen LogP contribution in [0.5, 0.6) is 28.7 Å². The molecule has 5 rings (SSSR count). The van der Waals surface area contributed by atoms with E-state index in [1.165, 1.54) is 7.11 Å². The zero-order valence-corrected chi connectivity index (χ0v) is 17.8. The Kier molecular flexibility index (Phi) is 4.44. The van der Waals surface area contributed by atoms with Gasteiger partial charge in [-0.2, -0.15) is 0 Å². The number of cyclic esters (lactones) is 1. The Hall–Kier alpha value is -3.13. The van der Waals surface area contributed by atoms with E-state index in [0.29, 0.717) is 34.3 Å². The van der Waals surface area contributed by atoms with Crippen molar-refractivity contribution in [3.63, 3.8) is 0 Å². The molecule has 0 aromatic heterocycles. The van der Waals surface area contributed by atoms with Gasteiger partial charge in [-0.3, -0.25) is 4.79 Å². The average Bonchev–Trinajstić information content (AvgIpc) is 3.39. The third kappa shape index (κ3) is 2.74. The van der Waals surface area contributed by atoms with Crippen LogP contribution >= 0.6 is 0 Å². The Labute approximate surface area is 179 Å². The Morgan fingerprint density at radius 2 is 1.61 bits per heavy atom. The van der Waals surface area contributed by atoms with Crippen LogP contribution in [0.1, 0.15) is 29.5 Å². The first-order valence-electron chi connectivity index (χ1n) is 10.0. The number of methoxy groups -OCH3 is 3. The van der Waals surface area contributed by atoms with Gasteiger partial charge in [0.2, 0.25) is 12.5 Å². The normalized spacial score (nSPS) is 27.9. The minimum atomic E-state index is -1.27. The number of ether oxygens (including phenoxy) is 6. The largest absolute Gasteiger partial charge is 0.493 e. The fourth-order valence-corrected chi connectivity index (χ4v) is 5.13. The lowest BCUT2D eigenvalue weighted by atomic mass is 9.61. The summed E-state index contributed by atoms with van der Waals surface area (Å²) in [6.07, 6.45) is 0. The maximum absolute atomic E-state index is 12.9. The number of fused-ring (bicyclic) bond motifs is 3. The van der Waals surface area contributed by atoms with E-state index in [2.05, 4.69) is 0 Å². The fraction of sp³-hybridized carbons (Fsp3) is 0.435. The molecule has 164 valence electrons. The van der Waals surface area contributed by atoms with Crippen LogP contribution in [-0.4, -0.2) is 45.8 Å². The number of hydrogen-bond acceptors (Lipinski definition) is 8. The molecule has 0 amide bonds. The first-order valence-corrected chi connectivity index (χ1v) is 10.0. The van der Waals surface area contributed by atoms with Crippen molar-refractivity contribution >= 4 is 5.97 Å². The van der Waals surface area contributed by atoms with Gasteiger partial charge in [-0.05, 0) is 47.9 Å². The van der Waals surface area contributed by atoms with E-state index in [0.717, 1.165) is 11.1 Å². The number of carbonyl (C=O) groups excluding carboxylic acids is 1. The molecule has 2 aromatic carbocycles. The molecular formula is C23H24O8. The van der Waals surface area contributed by atoms with E-state index in [4.69, 9.17) is 28.4 Å². The van der Waals surface area contributed by atoms with Gasteiger partial charge in [0.15, 0.2) is 23.0 Å². The number of esters is 1. The summed E-state index contributed by atoms with van der Waals surface area (Å²) >= 11 is 0. The number of rotatable bonds is 4. The molecule has 0 radical (unpaired) electrons. The topological polar surface area (TPSA) is 92.7 Å². The van der Waals surface area contributed by atoms with Crippen molar-refractivity contribution in [3.05, 3.63) is 41.0 Å². The van der Waals surface area contributed by atoms with Crippen LogP contribution in [0.15, 0.2) is 24.3 Å². The second-order valence-corrected chi connectivity index (χ2v) is 8.14. The average molecular weight is 428 g/mol. The summed E-state index contributed by atoms with van der Waals surface area (Å²) < 4.78 is 33.1. The van der Waals surface area contributed by atoms with Crippen molar-refractivity contribution in [2.45, 2.75) is 18.4 Å². The summed E-state index contributed by atoms with van der Waals surface area (Å²) in [5.74, 6) is 0.850. The predicted molar refractivity (Wildman–Crippen MR) is 108 cm³/mol. The summed E-state index contributed by atoms with van der Waals surface area (Å²) in [5, 5.41) is 11.5. The van der Waals surface area contributed by atoms with Gasteiger partial charge in [-0.15, -0.1) is 0 Å². The van der Waals surface area contributed by atoms with Gasteiger partial charge >= 0.3 is 5.97 Å². The Balaban J connectivity index is 1.77. The first-order chi connectivity index (χ1) is 14.9. The SMILES string of the molecule is COc1cc([C@H]2c3cc4c(cc3[C@@](C)(O)[C@H]3COC(=O)[C@H]23)OCO4)cc(OC)c1OC. The van der Waals surface area contributed by atoms with Gasteiger partial charge in [-0.25, -0.2) is 0 Å². The Bertz CT molecular complexity index is 1030. The molecule has 1 fully saturated rings. The van der Waals surface area contributed by atoms with Crippen molar-refractivity contribution in [2.24, 2.45) is 11.8 Å². The number of carbonyl (C=O) groups is 1. The maximum atomic E-state index is 12.9. The summed E-state index contributed by atoms with van der Waals surface area (Å²) in [6, 6.07) is 7.33. The molecule has 0 unspecified atom stereocenters. The van der Waals surface area contributed by atoms with Gasteiger partial charge in [0.1, 0.15) is 0 Å². The highest BCUT2D eigenvalue weighted by Crippen LogP contribution is 2.57. The molecule has 3 aliphatic rings. The van der Waals surface area contributed by atoms with E-state index < -0.39 is 23.4 Å². The fourth-order valence-electron chi connectivity index (χ4n) is 5.13. The molecule has 4 atom stereocenters. The van der Waals surface area contributed by atoms with Gasteiger partial charge in [0.05, 0.1) is 39.5 Å². The van der Waals surface area contributed by atoms with Crippen molar-refractivity contribution in [1.29, 1.82) is 0 Å². The van der Waals surface area contributed by atoms with Crippen LogP contribution in [0, 0.1) is 11.8 Å². The lowest BCUT2D eigenvalue weighted by molar-refractivity contribution is -0.142. The highest BCUT2D eigenvalue weighted by molar-refractivity contribution is 5.79. The molecule has 1 saturated heterocycles. The van der Waals surface area contributed by atoms with Crippen LogP contribution < -0.4 is 23.7 Å². The van der Waals surface area contributed by atoms with E-state index in [1.54, 1.807) is 21.1 Å². The van der Waals surface area contributed by atoms with Crippen molar-refractivity contribution in [3.8, 4) is 28.7 Å². The number of benzene rings is 2. The van der Waals surface area contributed by atoms with E-state index in [1.807, 2.05) is 24.3 Å². The predicted octanol–water partition coefficient (Wildman–Crippen LogP) is 2.58. The lowest BCUT2D eigenvalue weighted by Gasteiger charge is -2.43. The standard InChI is InChI=1S/C23H24O8/c1-23(25)13-8-16-15(30-10-31-16)7-12(13)19(20-14(23)9-29-22(20)24)11-5-17(26-2)21(28-4)18(6-11)27-3/h5-8,14,19-20,25H,9-10H2,1-4H3/t14-,19-,20-,23+/m0/s1. The maximum Gasteiger partial charge on any atom is 0.310 e. The third-order valence-electron chi connectivity index (χ3n) is 6.66. The molecule has 2 aromatic rings. The highest BCUT2D eigenvalue weighted by Gasteiger charge is 2.57. The van der Waals surface area contributed by atoms with E-state index >= 15 is 0 Å². The van der Waals surface area contributed by atoms with Crippen molar-refractivity contribution < 1.29 is 38.3 Å². The smallest absolute Gasteiger partial charge is 0.310 e. The zero-order valence-electron chi connectivity index (χ0n) is 17.8. The van der Waals surface area contributed by atoms with Crippen molar-refractivity contribution in [1.82, 2.24) is 0 Å². The van der Waals surface area contributed by atoms with Crippen LogP contribution in [0.25, 0.3) is 0 Å². The molecule has 8 nitrogen and oxygen atoms in total. The van der Waals surface area contributed by atoms with Crippen molar-refractivity contribution in [2.75, 3.05) is 34.7 Å². The zero-order chi connectivity index (χ0) is 21.9. The second-order valence-electron chi connectivity index (χ2n) is 8.14. The molecule has 2 aliphatic heterocycles. The van der Waals surface area contributed by atoms with E-state index in [-0.39, 0.29) is 19.4 Å². The minimum absolute atomic E-state index is 0.115. The first kappa shape index (κ1) is 19.8. The molecule has 0 saturated carbocycles. The molecule has 31 heavy (non-hydrogen) atoms. The lowest BCUT2D eigenvalue weighted by Crippen LogP contribution is -2.45. The third-order valence-corrected chi connectivity index (χ3v) is 6.66. The number of aliphatic hydroxyl groups is 1. The van der Waals surface area contributed by atoms with Gasteiger partial charge in [0, 0.05) is 11.8 Å². The van der Waals surface area contributed by atoms with Crippen LogP contribution in [0.2, 0.25) is 0 Å². The van der Waals surface area contributed by atoms with Gasteiger partial charge in [0.25, 0.3) is 0 Å². The number of hydrogen-bond donors (Lipinski definition) is 1. The van der Waals surface area contributed by atoms with Gasteiger partial charge < -0.3 is 33.5 Å².